The van der Waals surface area contributed by atoms with Crippen molar-refractivity contribution >= 4 is 10.8 Å². The van der Waals surface area contributed by atoms with E-state index in [9.17, 15) is 4.21 Å². The first-order valence-electron chi connectivity index (χ1n) is 7.43. The quantitative estimate of drug-likeness (QED) is 0.805. The largest absolute Gasteiger partial charge is 0.497 e. The molecule has 2 rings (SSSR count). The van der Waals surface area contributed by atoms with Crippen LogP contribution in [-0.2, 0) is 17.2 Å². The lowest BCUT2D eigenvalue weighted by molar-refractivity contribution is 0.295. The van der Waals surface area contributed by atoms with E-state index in [1.165, 1.54) is 11.1 Å². The number of hydrogen-bond donors (Lipinski definition) is 0. The van der Waals surface area contributed by atoms with Crippen molar-refractivity contribution in [2.24, 2.45) is 0 Å². The predicted molar refractivity (Wildman–Crippen MR) is 86.9 cm³/mol. The van der Waals surface area contributed by atoms with E-state index in [1.54, 1.807) is 14.2 Å². The Bertz CT molecular complexity index is 495. The highest BCUT2D eigenvalue weighted by atomic mass is 32.2. The molecule has 0 radical (unpaired) electrons. The highest BCUT2D eigenvalue weighted by Crippen LogP contribution is 2.29. The summed E-state index contributed by atoms with van der Waals surface area (Å²) in [6.07, 6.45) is 2.09. The zero-order valence-electron chi connectivity index (χ0n) is 13.2. The van der Waals surface area contributed by atoms with Gasteiger partial charge in [-0.15, -0.1) is 0 Å². The molecule has 1 aromatic rings. The Kier molecular flexibility index (Phi) is 6.06. The van der Waals surface area contributed by atoms with E-state index in [4.69, 9.17) is 9.47 Å². The number of methoxy groups -OCH3 is 2. The number of ether oxygens (including phenoxy) is 2. The molecule has 118 valence electrons. The minimum Gasteiger partial charge on any atom is -0.497 e. The third kappa shape index (κ3) is 4.45. The first-order chi connectivity index (χ1) is 10.1. The Labute approximate surface area is 129 Å². The fraction of sp³-hybridized carbons (Fsp3) is 0.625. The second-order valence-electron chi connectivity index (χ2n) is 5.42. The Balaban J connectivity index is 1.92. The molecule has 1 heterocycles. The molecule has 5 heteroatoms. The van der Waals surface area contributed by atoms with Crippen LogP contribution in [0.5, 0.6) is 11.5 Å². The van der Waals surface area contributed by atoms with Gasteiger partial charge in [0.05, 0.1) is 14.2 Å². The summed E-state index contributed by atoms with van der Waals surface area (Å²) in [5.74, 6) is 3.40. The summed E-state index contributed by atoms with van der Waals surface area (Å²) in [7, 11) is 2.79. The second-order valence-corrected chi connectivity index (χ2v) is 7.11. The molecule has 0 aliphatic carbocycles. The molecule has 0 spiro atoms. The Morgan fingerprint density at radius 1 is 1.19 bits per heavy atom. The normalized spacial score (nSPS) is 16.9. The number of rotatable bonds is 6. The summed E-state index contributed by atoms with van der Waals surface area (Å²) < 4.78 is 22.1. The van der Waals surface area contributed by atoms with E-state index in [-0.39, 0.29) is 0 Å². The average molecular weight is 311 g/mol. The van der Waals surface area contributed by atoms with Crippen LogP contribution in [0, 0.1) is 6.92 Å². The molecular formula is C16H25NO3S. The molecule has 0 amide bonds. The first kappa shape index (κ1) is 16.3. The van der Waals surface area contributed by atoms with Gasteiger partial charge in [-0.3, -0.25) is 4.21 Å². The molecule has 0 N–H and O–H groups in total. The monoisotopic (exact) mass is 311 g/mol. The van der Waals surface area contributed by atoms with E-state index in [0.717, 1.165) is 55.5 Å². The van der Waals surface area contributed by atoms with Gasteiger partial charge < -0.3 is 14.4 Å². The summed E-state index contributed by atoms with van der Waals surface area (Å²) >= 11 is 0. The van der Waals surface area contributed by atoms with Crippen LogP contribution < -0.4 is 9.47 Å². The maximum Gasteiger partial charge on any atom is 0.126 e. The molecule has 0 bridgehead atoms. The standard InChI is InChI=1S/C16H25NO3S/c1-13-11-14(19-2)12-16(20-3)15(13)5-4-6-17-7-9-21(18)10-8-17/h11-12H,4-10H2,1-3H3. The average Bonchev–Trinajstić information content (AvgIpc) is 2.50. The van der Waals surface area contributed by atoms with Gasteiger partial charge in [0.1, 0.15) is 11.5 Å². The second kappa shape index (κ2) is 7.80. The zero-order chi connectivity index (χ0) is 15.2. The van der Waals surface area contributed by atoms with Crippen molar-refractivity contribution in [3.05, 3.63) is 23.3 Å². The fourth-order valence-electron chi connectivity index (χ4n) is 2.75. The van der Waals surface area contributed by atoms with Gasteiger partial charge in [0.25, 0.3) is 0 Å². The van der Waals surface area contributed by atoms with Gasteiger partial charge in [-0.2, -0.15) is 0 Å². The van der Waals surface area contributed by atoms with Crippen LogP contribution in [0.1, 0.15) is 17.5 Å². The smallest absolute Gasteiger partial charge is 0.126 e. The van der Waals surface area contributed by atoms with Crippen LogP contribution in [0.2, 0.25) is 0 Å². The van der Waals surface area contributed by atoms with E-state index >= 15 is 0 Å². The van der Waals surface area contributed by atoms with E-state index in [2.05, 4.69) is 17.9 Å². The molecule has 1 aromatic carbocycles. The number of nitrogens with zero attached hydrogens (tertiary/aromatic N) is 1. The fourth-order valence-corrected chi connectivity index (χ4v) is 3.88. The van der Waals surface area contributed by atoms with E-state index < -0.39 is 10.8 Å². The highest BCUT2D eigenvalue weighted by molar-refractivity contribution is 7.85. The van der Waals surface area contributed by atoms with Crippen molar-refractivity contribution in [2.45, 2.75) is 19.8 Å². The summed E-state index contributed by atoms with van der Waals surface area (Å²) in [5.41, 5.74) is 2.48. The van der Waals surface area contributed by atoms with Crippen molar-refractivity contribution < 1.29 is 13.7 Å². The van der Waals surface area contributed by atoms with Gasteiger partial charge in [-0.1, -0.05) is 0 Å². The topological polar surface area (TPSA) is 38.8 Å². The summed E-state index contributed by atoms with van der Waals surface area (Å²) in [4.78, 5) is 2.41. The van der Waals surface area contributed by atoms with E-state index in [1.807, 2.05) is 6.07 Å². The van der Waals surface area contributed by atoms with Crippen LogP contribution >= 0.6 is 0 Å². The molecule has 1 aliphatic rings. The summed E-state index contributed by atoms with van der Waals surface area (Å²) in [6, 6.07) is 4.01. The lowest BCUT2D eigenvalue weighted by Crippen LogP contribution is -2.38. The Hall–Kier alpha value is -1.07. The van der Waals surface area contributed by atoms with Crippen LogP contribution in [0.25, 0.3) is 0 Å². The van der Waals surface area contributed by atoms with Crippen LogP contribution in [0.3, 0.4) is 0 Å². The zero-order valence-corrected chi connectivity index (χ0v) is 14.0. The summed E-state index contributed by atoms with van der Waals surface area (Å²) in [5, 5.41) is 0. The third-order valence-corrected chi connectivity index (χ3v) is 5.31. The molecule has 0 atom stereocenters. The van der Waals surface area contributed by atoms with Gasteiger partial charge in [-0.25, -0.2) is 0 Å². The van der Waals surface area contributed by atoms with Gasteiger partial charge >= 0.3 is 0 Å². The van der Waals surface area contributed by atoms with Crippen molar-refractivity contribution in [1.29, 1.82) is 0 Å². The van der Waals surface area contributed by atoms with Gasteiger partial charge in [0, 0.05) is 41.5 Å². The Morgan fingerprint density at radius 3 is 2.52 bits per heavy atom. The molecule has 21 heavy (non-hydrogen) atoms. The van der Waals surface area contributed by atoms with Crippen molar-refractivity contribution in [3.8, 4) is 11.5 Å². The highest BCUT2D eigenvalue weighted by Gasteiger charge is 2.15. The number of aryl methyl sites for hydroxylation is 1. The van der Waals surface area contributed by atoms with Crippen molar-refractivity contribution in [3.63, 3.8) is 0 Å². The molecule has 0 unspecified atom stereocenters. The Morgan fingerprint density at radius 2 is 1.90 bits per heavy atom. The molecule has 0 aromatic heterocycles. The molecule has 0 saturated carbocycles. The van der Waals surface area contributed by atoms with Crippen molar-refractivity contribution in [2.75, 3.05) is 45.4 Å². The predicted octanol–water partition coefficient (Wildman–Crippen LogP) is 2.01. The molecule has 1 fully saturated rings. The summed E-state index contributed by atoms with van der Waals surface area (Å²) in [6.45, 7) is 5.09. The number of benzene rings is 1. The van der Waals surface area contributed by atoms with Gasteiger partial charge in [0.2, 0.25) is 0 Å². The van der Waals surface area contributed by atoms with Crippen LogP contribution in [-0.4, -0.2) is 54.5 Å². The van der Waals surface area contributed by atoms with Crippen LogP contribution in [0.15, 0.2) is 12.1 Å². The third-order valence-electron chi connectivity index (χ3n) is 4.03. The maximum absolute atomic E-state index is 11.3. The molecule has 4 nitrogen and oxygen atoms in total. The molecule has 1 saturated heterocycles. The SMILES string of the molecule is COc1cc(C)c(CCCN2CCS(=O)CC2)c(OC)c1. The maximum atomic E-state index is 11.3. The lowest BCUT2D eigenvalue weighted by Gasteiger charge is -2.26. The lowest BCUT2D eigenvalue weighted by atomic mass is 10.0. The van der Waals surface area contributed by atoms with Gasteiger partial charge in [0.15, 0.2) is 0 Å². The molecular weight excluding hydrogens is 286 g/mol. The van der Waals surface area contributed by atoms with E-state index in [0.29, 0.717) is 0 Å². The van der Waals surface area contributed by atoms with Gasteiger partial charge in [-0.05, 0) is 43.5 Å². The van der Waals surface area contributed by atoms with Crippen molar-refractivity contribution in [1.82, 2.24) is 4.90 Å². The van der Waals surface area contributed by atoms with Crippen LogP contribution in [0.4, 0.5) is 0 Å². The minimum atomic E-state index is -0.590. The molecule has 1 aliphatic heterocycles. The minimum absolute atomic E-state index is 0.590. The first-order valence-corrected chi connectivity index (χ1v) is 8.91. The number of hydrogen-bond acceptors (Lipinski definition) is 4.